The lowest BCUT2D eigenvalue weighted by Crippen LogP contribution is -2.29. The van der Waals surface area contributed by atoms with E-state index in [0.29, 0.717) is 12.8 Å². The number of phosphoric ester groups is 1. The Morgan fingerprint density at radius 2 is 0.981 bits per heavy atom. The second-order valence-corrected chi connectivity index (χ2v) is 14.9. The first kappa shape index (κ1) is 50.7. The van der Waals surface area contributed by atoms with Crippen molar-refractivity contribution in [3.05, 3.63) is 60.8 Å². The van der Waals surface area contributed by atoms with Crippen molar-refractivity contribution in [3.8, 4) is 0 Å². The van der Waals surface area contributed by atoms with Gasteiger partial charge in [0.15, 0.2) is 6.10 Å². The summed E-state index contributed by atoms with van der Waals surface area (Å²) in [4.78, 5) is 34.8. The number of rotatable bonds is 38. The molecule has 306 valence electrons. The molecule has 0 spiro atoms. The van der Waals surface area contributed by atoms with E-state index in [9.17, 15) is 19.0 Å². The lowest BCUT2D eigenvalue weighted by Gasteiger charge is -2.19. The molecule has 10 heteroatoms. The minimum absolute atomic E-state index is 0.0443. The van der Waals surface area contributed by atoms with Crippen LogP contribution in [0.4, 0.5) is 0 Å². The SMILES string of the molecule is CCCCCC=CCC=CCC=CCCCCC(=O)OC[C@H](COP(=O)(O)OCCN)OC(=O)CCCCCCCCCC=CCC=CCCCCC. The van der Waals surface area contributed by atoms with Gasteiger partial charge in [-0.1, -0.05) is 132 Å². The summed E-state index contributed by atoms with van der Waals surface area (Å²) in [6.07, 6.45) is 45.3. The van der Waals surface area contributed by atoms with E-state index in [-0.39, 0.29) is 32.6 Å². The molecule has 0 heterocycles. The lowest BCUT2D eigenvalue weighted by atomic mass is 10.1. The average Bonchev–Trinajstić information content (AvgIpc) is 3.14. The zero-order valence-electron chi connectivity index (χ0n) is 33.5. The second-order valence-electron chi connectivity index (χ2n) is 13.5. The van der Waals surface area contributed by atoms with E-state index in [1.54, 1.807) is 0 Å². The van der Waals surface area contributed by atoms with E-state index in [0.717, 1.165) is 64.2 Å². The summed E-state index contributed by atoms with van der Waals surface area (Å²) < 4.78 is 32.7. The molecule has 0 aromatic heterocycles. The van der Waals surface area contributed by atoms with Crippen LogP contribution in [0.25, 0.3) is 0 Å². The molecule has 0 saturated carbocycles. The van der Waals surface area contributed by atoms with E-state index in [2.05, 4.69) is 74.6 Å². The Morgan fingerprint density at radius 1 is 0.566 bits per heavy atom. The van der Waals surface area contributed by atoms with Crippen molar-refractivity contribution in [1.29, 1.82) is 0 Å². The van der Waals surface area contributed by atoms with Crippen LogP contribution in [-0.4, -0.2) is 49.3 Å². The van der Waals surface area contributed by atoms with Crippen molar-refractivity contribution in [2.45, 2.75) is 174 Å². The van der Waals surface area contributed by atoms with Crippen LogP contribution in [0.3, 0.4) is 0 Å². The van der Waals surface area contributed by atoms with Crippen LogP contribution in [0, 0.1) is 0 Å². The molecule has 53 heavy (non-hydrogen) atoms. The molecule has 9 nitrogen and oxygen atoms in total. The van der Waals surface area contributed by atoms with Gasteiger partial charge in [0.2, 0.25) is 0 Å². The number of unbranched alkanes of at least 4 members (excludes halogenated alkanes) is 15. The molecule has 0 aromatic carbocycles. The molecule has 0 aliphatic carbocycles. The molecule has 0 aliphatic rings. The van der Waals surface area contributed by atoms with Crippen LogP contribution < -0.4 is 5.73 Å². The highest BCUT2D eigenvalue weighted by atomic mass is 31.2. The largest absolute Gasteiger partial charge is 0.472 e. The summed E-state index contributed by atoms with van der Waals surface area (Å²) >= 11 is 0. The summed E-state index contributed by atoms with van der Waals surface area (Å²) in [5.74, 6) is -0.887. The minimum atomic E-state index is -4.39. The number of allylic oxidation sites excluding steroid dienone is 10. The van der Waals surface area contributed by atoms with Crippen LogP contribution >= 0.6 is 7.82 Å². The van der Waals surface area contributed by atoms with Gasteiger partial charge in [-0.3, -0.25) is 18.6 Å². The standard InChI is InChI=1S/C43H76NO8P/c1-3-5-7-9-11-13-15-17-19-20-22-24-26-28-30-32-34-36-43(46)52-41(40-51-53(47,48)50-38-37-44)39-49-42(45)35-33-31-29-27-25-23-21-18-16-14-12-10-8-6-4-2/h11-14,17-19,21,25,27,41H,3-10,15-16,20,22-24,26,28-40,44H2,1-2H3,(H,47,48)/t41-/m1/s1. The van der Waals surface area contributed by atoms with Gasteiger partial charge in [-0.25, -0.2) is 4.57 Å². The highest BCUT2D eigenvalue weighted by Gasteiger charge is 2.25. The Hall–Kier alpha value is -2.29. The number of hydrogen-bond donors (Lipinski definition) is 2. The van der Waals surface area contributed by atoms with Crippen molar-refractivity contribution in [2.75, 3.05) is 26.4 Å². The summed E-state index contributed by atoms with van der Waals surface area (Å²) in [6.45, 7) is 3.61. The third-order valence-corrected chi connectivity index (χ3v) is 9.36. The van der Waals surface area contributed by atoms with Gasteiger partial charge >= 0.3 is 19.8 Å². The fourth-order valence-corrected chi connectivity index (χ4v) is 6.02. The number of carbonyl (C=O) groups is 2. The zero-order valence-corrected chi connectivity index (χ0v) is 34.4. The molecule has 0 aliphatic heterocycles. The Kier molecular flexibility index (Phi) is 37.7. The number of phosphoric acid groups is 1. The molecular formula is C43H76NO8P. The monoisotopic (exact) mass is 766 g/mol. The first-order valence-electron chi connectivity index (χ1n) is 20.8. The van der Waals surface area contributed by atoms with Gasteiger partial charge in [0.1, 0.15) is 6.61 Å². The van der Waals surface area contributed by atoms with Gasteiger partial charge in [-0.05, 0) is 83.5 Å². The first-order chi connectivity index (χ1) is 25.8. The van der Waals surface area contributed by atoms with Crippen molar-refractivity contribution < 1.29 is 37.6 Å². The Morgan fingerprint density at radius 3 is 1.49 bits per heavy atom. The van der Waals surface area contributed by atoms with Crippen LogP contribution in [-0.2, 0) is 32.7 Å². The smallest absolute Gasteiger partial charge is 0.462 e. The Balaban J connectivity index is 4.27. The van der Waals surface area contributed by atoms with E-state index in [1.165, 1.54) is 64.2 Å². The summed E-state index contributed by atoms with van der Waals surface area (Å²) in [5, 5.41) is 0. The number of carbonyl (C=O) groups excluding carboxylic acids is 2. The van der Waals surface area contributed by atoms with Gasteiger partial charge < -0.3 is 20.1 Å². The molecule has 1 unspecified atom stereocenters. The molecule has 2 atom stereocenters. The summed E-state index contributed by atoms with van der Waals surface area (Å²) in [6, 6.07) is 0. The highest BCUT2D eigenvalue weighted by Crippen LogP contribution is 2.43. The first-order valence-corrected chi connectivity index (χ1v) is 22.3. The predicted octanol–water partition coefficient (Wildman–Crippen LogP) is 11.7. The molecule has 3 N–H and O–H groups in total. The van der Waals surface area contributed by atoms with Crippen LogP contribution in [0.1, 0.15) is 168 Å². The molecule has 0 radical (unpaired) electrons. The molecule has 0 aromatic rings. The molecule has 0 rings (SSSR count). The predicted molar refractivity (Wildman–Crippen MR) is 219 cm³/mol. The maximum Gasteiger partial charge on any atom is 0.472 e. The molecule has 0 amide bonds. The Labute approximate surface area is 323 Å². The third kappa shape index (κ3) is 39.2. The lowest BCUT2D eigenvalue weighted by molar-refractivity contribution is -0.161. The summed E-state index contributed by atoms with van der Waals surface area (Å²) in [7, 11) is -4.39. The molecule has 0 saturated heterocycles. The van der Waals surface area contributed by atoms with Crippen molar-refractivity contribution in [3.63, 3.8) is 0 Å². The molecule has 0 bridgehead atoms. The maximum absolute atomic E-state index is 12.6. The summed E-state index contributed by atoms with van der Waals surface area (Å²) in [5.41, 5.74) is 5.34. The fourth-order valence-electron chi connectivity index (χ4n) is 5.26. The molecular weight excluding hydrogens is 689 g/mol. The van der Waals surface area contributed by atoms with Gasteiger partial charge in [0, 0.05) is 19.4 Å². The highest BCUT2D eigenvalue weighted by molar-refractivity contribution is 7.47. The Bertz CT molecular complexity index is 1050. The van der Waals surface area contributed by atoms with Crippen LogP contribution in [0.5, 0.6) is 0 Å². The average molecular weight is 766 g/mol. The van der Waals surface area contributed by atoms with Crippen molar-refractivity contribution in [2.24, 2.45) is 5.73 Å². The van der Waals surface area contributed by atoms with E-state index in [1.807, 2.05) is 0 Å². The van der Waals surface area contributed by atoms with Gasteiger partial charge in [-0.15, -0.1) is 0 Å². The fraction of sp³-hybridized carbons (Fsp3) is 0.721. The minimum Gasteiger partial charge on any atom is -0.462 e. The topological polar surface area (TPSA) is 134 Å². The van der Waals surface area contributed by atoms with Crippen LogP contribution in [0.2, 0.25) is 0 Å². The van der Waals surface area contributed by atoms with Crippen LogP contribution in [0.15, 0.2) is 60.8 Å². The third-order valence-electron chi connectivity index (χ3n) is 8.38. The number of ether oxygens (including phenoxy) is 2. The van der Waals surface area contributed by atoms with Gasteiger partial charge in [-0.2, -0.15) is 0 Å². The molecule has 0 fully saturated rings. The maximum atomic E-state index is 12.6. The van der Waals surface area contributed by atoms with E-state index >= 15 is 0 Å². The zero-order chi connectivity index (χ0) is 38.9. The number of nitrogens with two attached hydrogens (primary N) is 1. The van der Waals surface area contributed by atoms with Gasteiger partial charge in [0.05, 0.1) is 13.2 Å². The van der Waals surface area contributed by atoms with E-state index in [4.69, 9.17) is 24.3 Å². The number of hydrogen-bond acceptors (Lipinski definition) is 8. The second kappa shape index (κ2) is 39.4. The van der Waals surface area contributed by atoms with E-state index < -0.39 is 32.5 Å². The number of esters is 2. The quantitative estimate of drug-likeness (QED) is 0.0272. The van der Waals surface area contributed by atoms with Crippen molar-refractivity contribution in [1.82, 2.24) is 0 Å². The van der Waals surface area contributed by atoms with Gasteiger partial charge in [0.25, 0.3) is 0 Å². The van der Waals surface area contributed by atoms with Crippen molar-refractivity contribution >= 4 is 19.8 Å². The normalized spacial score (nSPS) is 14.0.